The van der Waals surface area contributed by atoms with Gasteiger partial charge in [0.15, 0.2) is 0 Å². The number of nitrogens with zero attached hydrogens (tertiary/aromatic N) is 1. The Balaban J connectivity index is 1.51. The first-order valence-corrected chi connectivity index (χ1v) is 10.5. The molecular formula is C20H33N3O2S. The first kappa shape index (κ1) is 21.1. The van der Waals surface area contributed by atoms with Gasteiger partial charge in [0.25, 0.3) is 0 Å². The molecule has 2 N–H and O–H groups in total. The van der Waals surface area contributed by atoms with Crippen LogP contribution in [-0.4, -0.2) is 61.6 Å². The van der Waals surface area contributed by atoms with Crippen LogP contribution in [-0.2, 0) is 4.74 Å². The normalized spacial score (nSPS) is 20.8. The van der Waals surface area contributed by atoms with Crippen LogP contribution in [0.3, 0.4) is 0 Å². The van der Waals surface area contributed by atoms with E-state index in [0.29, 0.717) is 25.3 Å². The van der Waals surface area contributed by atoms with Crippen molar-refractivity contribution in [2.24, 2.45) is 0 Å². The minimum Gasteiger partial charge on any atom is -0.373 e. The third-order valence-corrected chi connectivity index (χ3v) is 5.56. The number of carbonyl (C=O) groups is 1. The summed E-state index contributed by atoms with van der Waals surface area (Å²) >= 11 is 1.77. The van der Waals surface area contributed by atoms with E-state index in [0.717, 1.165) is 31.8 Å². The van der Waals surface area contributed by atoms with Gasteiger partial charge in [-0.05, 0) is 57.4 Å². The summed E-state index contributed by atoms with van der Waals surface area (Å²) in [5.74, 6) is 0.874. The van der Waals surface area contributed by atoms with Gasteiger partial charge in [0.05, 0.1) is 12.2 Å². The molecule has 1 aliphatic heterocycles. The minimum absolute atomic E-state index is 0.0746. The Morgan fingerprint density at radius 1 is 1.15 bits per heavy atom. The largest absolute Gasteiger partial charge is 0.373 e. The number of nitrogens with one attached hydrogen (secondary N) is 2. The smallest absolute Gasteiger partial charge is 0.314 e. The summed E-state index contributed by atoms with van der Waals surface area (Å²) in [5, 5.41) is 5.87. The zero-order chi connectivity index (χ0) is 18.9. The summed E-state index contributed by atoms with van der Waals surface area (Å²) < 4.78 is 5.74. The van der Waals surface area contributed by atoms with E-state index in [1.807, 2.05) is 0 Å². The lowest BCUT2D eigenvalue weighted by molar-refractivity contribution is -0.0679. The molecule has 146 valence electrons. The van der Waals surface area contributed by atoms with Crippen LogP contribution in [0.1, 0.15) is 31.4 Å². The molecule has 0 spiro atoms. The molecule has 0 radical (unpaired) electrons. The summed E-state index contributed by atoms with van der Waals surface area (Å²) in [7, 11) is 0. The van der Waals surface area contributed by atoms with Crippen LogP contribution >= 0.6 is 11.8 Å². The first-order chi connectivity index (χ1) is 12.4. The van der Waals surface area contributed by atoms with Gasteiger partial charge in [0.2, 0.25) is 0 Å². The number of morpholine rings is 1. The third kappa shape index (κ3) is 7.56. The molecule has 0 unspecified atom stereocenters. The van der Waals surface area contributed by atoms with Crippen molar-refractivity contribution in [1.29, 1.82) is 0 Å². The van der Waals surface area contributed by atoms with Gasteiger partial charge in [-0.2, -0.15) is 0 Å². The molecule has 1 heterocycles. The predicted molar refractivity (Wildman–Crippen MR) is 109 cm³/mol. The van der Waals surface area contributed by atoms with Gasteiger partial charge in [-0.1, -0.05) is 6.07 Å². The van der Waals surface area contributed by atoms with Gasteiger partial charge >= 0.3 is 6.03 Å². The van der Waals surface area contributed by atoms with Crippen molar-refractivity contribution < 1.29 is 9.53 Å². The second kappa shape index (κ2) is 10.8. The van der Waals surface area contributed by atoms with Crippen LogP contribution in [0.4, 0.5) is 4.79 Å². The maximum absolute atomic E-state index is 11.8. The van der Waals surface area contributed by atoms with Crippen molar-refractivity contribution in [1.82, 2.24) is 15.5 Å². The standard InChI is InChI=1S/C20H33N3O2S/c1-15-6-7-19(12-16(15)2)26-11-9-22-20(24)21-8-5-10-23-13-17(3)25-18(4)14-23/h6-7,12,17-18H,5,8-11,13-14H2,1-4H3,(H2,21,22,24)/t17-,18-/m0/s1. The number of rotatable bonds is 8. The molecule has 0 aliphatic carbocycles. The maximum Gasteiger partial charge on any atom is 0.314 e. The topological polar surface area (TPSA) is 53.6 Å². The molecule has 0 bridgehead atoms. The molecule has 2 atom stereocenters. The number of hydrogen-bond acceptors (Lipinski definition) is 4. The molecule has 1 aromatic carbocycles. The number of carbonyl (C=O) groups excluding carboxylic acids is 1. The van der Waals surface area contributed by atoms with Crippen LogP contribution < -0.4 is 10.6 Å². The van der Waals surface area contributed by atoms with E-state index >= 15 is 0 Å². The predicted octanol–water partition coefficient (Wildman–Crippen LogP) is 3.19. The van der Waals surface area contributed by atoms with Crippen molar-refractivity contribution >= 4 is 17.8 Å². The molecule has 1 saturated heterocycles. The molecule has 2 rings (SSSR count). The highest BCUT2D eigenvalue weighted by molar-refractivity contribution is 7.99. The van der Waals surface area contributed by atoms with Crippen LogP contribution in [0, 0.1) is 13.8 Å². The number of urea groups is 1. The average molecular weight is 380 g/mol. The van der Waals surface area contributed by atoms with Gasteiger partial charge in [0.1, 0.15) is 0 Å². The minimum atomic E-state index is -0.0746. The van der Waals surface area contributed by atoms with E-state index < -0.39 is 0 Å². The van der Waals surface area contributed by atoms with Crippen LogP contribution in [0.2, 0.25) is 0 Å². The summed E-state index contributed by atoms with van der Waals surface area (Å²) in [4.78, 5) is 15.5. The van der Waals surface area contributed by atoms with Gasteiger partial charge < -0.3 is 15.4 Å². The van der Waals surface area contributed by atoms with Crippen LogP contribution in [0.15, 0.2) is 23.1 Å². The van der Waals surface area contributed by atoms with Gasteiger partial charge in [-0.15, -0.1) is 11.8 Å². The van der Waals surface area contributed by atoms with Crippen molar-refractivity contribution in [3.05, 3.63) is 29.3 Å². The lowest BCUT2D eigenvalue weighted by Gasteiger charge is -2.35. The molecule has 26 heavy (non-hydrogen) atoms. The Labute approximate surface area is 162 Å². The fourth-order valence-corrected chi connectivity index (χ4v) is 4.04. The first-order valence-electron chi connectivity index (χ1n) is 9.53. The Morgan fingerprint density at radius 3 is 2.54 bits per heavy atom. The van der Waals surface area contributed by atoms with Gasteiger partial charge in [0, 0.05) is 43.4 Å². The Hall–Kier alpha value is -1.24. The third-order valence-electron chi connectivity index (χ3n) is 4.57. The number of hydrogen-bond donors (Lipinski definition) is 2. The Bertz CT molecular complexity index is 572. The van der Waals surface area contributed by atoms with Crippen molar-refractivity contribution in [2.75, 3.05) is 38.5 Å². The summed E-state index contributed by atoms with van der Waals surface area (Å²) in [6, 6.07) is 6.41. The lowest BCUT2D eigenvalue weighted by atomic mass is 10.1. The molecule has 0 saturated carbocycles. The van der Waals surface area contributed by atoms with E-state index in [9.17, 15) is 4.79 Å². The summed E-state index contributed by atoms with van der Waals surface area (Å²) in [6.07, 6.45) is 1.55. The molecule has 6 heteroatoms. The zero-order valence-electron chi connectivity index (χ0n) is 16.5. The second-order valence-electron chi connectivity index (χ2n) is 7.15. The molecular weight excluding hydrogens is 346 g/mol. The van der Waals surface area contributed by atoms with E-state index in [1.54, 1.807) is 11.8 Å². The maximum atomic E-state index is 11.8. The highest BCUT2D eigenvalue weighted by Gasteiger charge is 2.21. The van der Waals surface area contributed by atoms with E-state index in [4.69, 9.17) is 4.74 Å². The summed E-state index contributed by atoms with van der Waals surface area (Å²) in [5.41, 5.74) is 2.62. The number of amides is 2. The molecule has 5 nitrogen and oxygen atoms in total. The number of aryl methyl sites for hydroxylation is 2. The van der Waals surface area contributed by atoms with Crippen molar-refractivity contribution in [2.45, 2.75) is 51.2 Å². The molecule has 0 aromatic heterocycles. The monoisotopic (exact) mass is 379 g/mol. The highest BCUT2D eigenvalue weighted by Crippen LogP contribution is 2.20. The highest BCUT2D eigenvalue weighted by atomic mass is 32.2. The SMILES string of the molecule is Cc1ccc(SCCNC(=O)NCCCN2C[C@H](C)O[C@@H](C)C2)cc1C. The van der Waals surface area contributed by atoms with Crippen molar-refractivity contribution in [3.63, 3.8) is 0 Å². The van der Waals surface area contributed by atoms with Crippen LogP contribution in [0.5, 0.6) is 0 Å². The fraction of sp³-hybridized carbons (Fsp3) is 0.650. The van der Waals surface area contributed by atoms with Gasteiger partial charge in [-0.3, -0.25) is 4.90 Å². The Morgan fingerprint density at radius 2 is 1.85 bits per heavy atom. The van der Waals surface area contributed by atoms with E-state index in [1.165, 1.54) is 16.0 Å². The molecule has 1 fully saturated rings. The molecule has 1 aromatic rings. The van der Waals surface area contributed by atoms with Crippen molar-refractivity contribution in [3.8, 4) is 0 Å². The van der Waals surface area contributed by atoms with E-state index in [-0.39, 0.29) is 6.03 Å². The quantitative estimate of drug-likeness (QED) is 0.538. The zero-order valence-corrected chi connectivity index (χ0v) is 17.3. The summed E-state index contributed by atoms with van der Waals surface area (Å²) in [6.45, 7) is 12.8. The average Bonchev–Trinajstić information content (AvgIpc) is 2.58. The van der Waals surface area contributed by atoms with Gasteiger partial charge in [-0.25, -0.2) is 4.79 Å². The number of ether oxygens (including phenoxy) is 1. The second-order valence-corrected chi connectivity index (χ2v) is 8.32. The van der Waals surface area contributed by atoms with Crippen LogP contribution in [0.25, 0.3) is 0 Å². The lowest BCUT2D eigenvalue weighted by Crippen LogP contribution is -2.46. The Kier molecular flexibility index (Phi) is 8.75. The molecule has 1 aliphatic rings. The fourth-order valence-electron chi connectivity index (χ4n) is 3.17. The number of benzene rings is 1. The van der Waals surface area contributed by atoms with E-state index in [2.05, 4.69) is 61.4 Å². The molecule has 2 amide bonds. The number of thioether (sulfide) groups is 1.